The van der Waals surface area contributed by atoms with E-state index in [2.05, 4.69) is 37.4 Å². The predicted octanol–water partition coefficient (Wildman–Crippen LogP) is 3.50. The van der Waals surface area contributed by atoms with Crippen LogP contribution in [-0.4, -0.2) is 36.4 Å². The molecule has 3 N–H and O–H groups in total. The summed E-state index contributed by atoms with van der Waals surface area (Å²) in [7, 11) is 0. The number of rotatable bonds is 8. The number of halogens is 3. The zero-order chi connectivity index (χ0) is 26.2. The summed E-state index contributed by atoms with van der Waals surface area (Å²) < 4.78 is 45.2. The Kier molecular flexibility index (Phi) is 6.31. The zero-order valence-electron chi connectivity index (χ0n) is 19.7. The maximum Gasteiger partial charge on any atom is 0.416 e. The van der Waals surface area contributed by atoms with Gasteiger partial charge in [-0.2, -0.15) is 23.3 Å². The molecule has 0 bridgehead atoms. The van der Waals surface area contributed by atoms with E-state index >= 15 is 0 Å². The topological polar surface area (TPSA) is 138 Å². The van der Waals surface area contributed by atoms with E-state index in [0.29, 0.717) is 17.9 Å². The van der Waals surface area contributed by atoms with Crippen LogP contribution in [0.1, 0.15) is 49.3 Å². The van der Waals surface area contributed by atoms with Crippen molar-refractivity contribution < 1.29 is 17.7 Å². The molecule has 14 heteroatoms. The SMILES string of the molecule is CCCCCN1c2[nH]c(=O)[nH]c(=O)c2NC1c1cnn(Cc2noc(-c3ccc(C(F)(F)F)cc3)n2)c1. The van der Waals surface area contributed by atoms with Crippen LogP contribution in [0.2, 0.25) is 0 Å². The molecule has 0 aliphatic carbocycles. The van der Waals surface area contributed by atoms with Crippen molar-refractivity contribution in [2.45, 2.75) is 45.1 Å². The van der Waals surface area contributed by atoms with Gasteiger partial charge >= 0.3 is 11.9 Å². The maximum absolute atomic E-state index is 12.8. The third-order valence-corrected chi connectivity index (χ3v) is 6.01. The molecule has 1 aromatic carbocycles. The van der Waals surface area contributed by atoms with Crippen LogP contribution < -0.4 is 21.5 Å². The number of anilines is 2. The van der Waals surface area contributed by atoms with Crippen molar-refractivity contribution in [3.8, 4) is 11.5 Å². The molecule has 0 radical (unpaired) electrons. The number of nitrogens with one attached hydrogen (secondary N) is 3. The van der Waals surface area contributed by atoms with Gasteiger partial charge in [-0.1, -0.05) is 24.9 Å². The number of hydrogen-bond donors (Lipinski definition) is 3. The van der Waals surface area contributed by atoms with Crippen LogP contribution in [0.4, 0.5) is 24.7 Å². The van der Waals surface area contributed by atoms with Crippen LogP contribution in [-0.2, 0) is 12.7 Å². The Hall–Kier alpha value is -4.36. The average molecular weight is 516 g/mol. The Morgan fingerprint density at radius 3 is 2.62 bits per heavy atom. The lowest BCUT2D eigenvalue weighted by Crippen LogP contribution is -2.30. The van der Waals surface area contributed by atoms with Gasteiger partial charge in [-0.15, -0.1) is 0 Å². The van der Waals surface area contributed by atoms with Gasteiger partial charge in [-0.25, -0.2) is 4.79 Å². The molecule has 5 rings (SSSR count). The Balaban J connectivity index is 1.33. The number of benzene rings is 1. The van der Waals surface area contributed by atoms with Crippen LogP contribution in [0.25, 0.3) is 11.5 Å². The van der Waals surface area contributed by atoms with E-state index in [4.69, 9.17) is 4.52 Å². The molecular formula is C23H23F3N8O3. The van der Waals surface area contributed by atoms with Crippen molar-refractivity contribution >= 4 is 11.5 Å². The fourth-order valence-electron chi connectivity index (χ4n) is 4.19. The first-order chi connectivity index (χ1) is 17.7. The fourth-order valence-corrected chi connectivity index (χ4v) is 4.19. The highest BCUT2D eigenvalue weighted by molar-refractivity contribution is 5.71. The minimum absolute atomic E-state index is 0.0919. The molecule has 11 nitrogen and oxygen atoms in total. The first-order valence-electron chi connectivity index (χ1n) is 11.7. The number of hydrogen-bond acceptors (Lipinski definition) is 8. The van der Waals surface area contributed by atoms with Gasteiger partial charge < -0.3 is 14.7 Å². The highest BCUT2D eigenvalue weighted by Crippen LogP contribution is 2.37. The molecule has 0 saturated heterocycles. The molecule has 1 aliphatic rings. The minimum Gasteiger partial charge on any atom is -0.354 e. The van der Waals surface area contributed by atoms with Gasteiger partial charge in [0.15, 0.2) is 5.82 Å². The van der Waals surface area contributed by atoms with E-state index in [1.54, 1.807) is 17.1 Å². The minimum atomic E-state index is -4.43. The number of alkyl halides is 3. The van der Waals surface area contributed by atoms with E-state index < -0.39 is 29.2 Å². The third-order valence-electron chi connectivity index (χ3n) is 6.01. The number of fused-ring (bicyclic) bond motifs is 1. The molecular weight excluding hydrogens is 493 g/mol. The normalized spacial score (nSPS) is 15.1. The molecule has 0 fully saturated rings. The highest BCUT2D eigenvalue weighted by Gasteiger charge is 2.34. The summed E-state index contributed by atoms with van der Waals surface area (Å²) in [5, 5.41) is 11.4. The van der Waals surface area contributed by atoms with Gasteiger partial charge in [0.25, 0.3) is 11.4 Å². The largest absolute Gasteiger partial charge is 0.416 e. The molecule has 1 aliphatic heterocycles. The number of H-pyrrole nitrogens is 2. The summed E-state index contributed by atoms with van der Waals surface area (Å²) in [6.07, 6.45) is 1.42. The molecule has 0 spiro atoms. The van der Waals surface area contributed by atoms with Crippen molar-refractivity contribution in [3.05, 3.63) is 74.4 Å². The second-order valence-electron chi connectivity index (χ2n) is 8.64. The van der Waals surface area contributed by atoms with Crippen LogP contribution in [0, 0.1) is 0 Å². The molecule has 3 aromatic heterocycles. The average Bonchev–Trinajstić information content (AvgIpc) is 3.59. The van der Waals surface area contributed by atoms with Crippen molar-refractivity contribution in [2.75, 3.05) is 16.8 Å². The van der Waals surface area contributed by atoms with Crippen molar-refractivity contribution in [2.24, 2.45) is 0 Å². The van der Waals surface area contributed by atoms with Gasteiger partial charge in [0.05, 0.1) is 11.8 Å². The Morgan fingerprint density at radius 1 is 1.11 bits per heavy atom. The zero-order valence-corrected chi connectivity index (χ0v) is 19.7. The van der Waals surface area contributed by atoms with Crippen molar-refractivity contribution in [1.29, 1.82) is 0 Å². The van der Waals surface area contributed by atoms with Crippen molar-refractivity contribution in [3.63, 3.8) is 0 Å². The molecule has 194 valence electrons. The van der Waals surface area contributed by atoms with Crippen LogP contribution in [0.15, 0.2) is 50.8 Å². The Labute approximate surface area is 207 Å². The Bertz CT molecular complexity index is 1500. The van der Waals surface area contributed by atoms with Gasteiger partial charge in [0.1, 0.15) is 24.2 Å². The number of aromatic amines is 2. The van der Waals surface area contributed by atoms with Crippen LogP contribution >= 0.6 is 0 Å². The molecule has 1 unspecified atom stereocenters. The first-order valence-corrected chi connectivity index (χ1v) is 11.7. The van der Waals surface area contributed by atoms with E-state index in [9.17, 15) is 22.8 Å². The number of unbranched alkanes of at least 4 members (excludes halogenated alkanes) is 2. The first kappa shape index (κ1) is 24.3. The van der Waals surface area contributed by atoms with Crippen molar-refractivity contribution in [1.82, 2.24) is 29.9 Å². The monoisotopic (exact) mass is 516 g/mol. The summed E-state index contributed by atoms with van der Waals surface area (Å²) in [6.45, 7) is 2.85. The molecule has 4 aromatic rings. The van der Waals surface area contributed by atoms with Gasteiger partial charge in [-0.3, -0.25) is 19.4 Å². The van der Waals surface area contributed by atoms with Gasteiger partial charge in [0.2, 0.25) is 0 Å². The second kappa shape index (κ2) is 9.59. The molecule has 4 heterocycles. The maximum atomic E-state index is 12.8. The molecule has 0 saturated carbocycles. The summed E-state index contributed by atoms with van der Waals surface area (Å²) in [5.41, 5.74) is -0.451. The van der Waals surface area contributed by atoms with Crippen LogP contribution in [0.5, 0.6) is 0 Å². The fraction of sp³-hybridized carbons (Fsp3) is 0.348. The van der Waals surface area contributed by atoms with Gasteiger partial charge in [-0.05, 0) is 30.7 Å². The summed E-state index contributed by atoms with van der Waals surface area (Å²) in [4.78, 5) is 35.4. The molecule has 1 atom stereocenters. The van der Waals surface area contributed by atoms with Crippen LogP contribution in [0.3, 0.4) is 0 Å². The quantitative estimate of drug-likeness (QED) is 0.303. The highest BCUT2D eigenvalue weighted by atomic mass is 19.4. The van der Waals surface area contributed by atoms with E-state index in [0.717, 1.165) is 37.0 Å². The molecule has 37 heavy (non-hydrogen) atoms. The second-order valence-corrected chi connectivity index (χ2v) is 8.64. The molecule has 0 amide bonds. The standard InChI is InChI=1S/C23H23F3N8O3/c1-2-3-4-9-34-18(29-17-19(34)30-22(36)31-20(17)35)14-10-27-33(11-14)12-16-28-21(37-32-16)13-5-7-15(8-6-13)23(24,25)26/h5-8,10-11,18,29H,2-4,9,12H2,1H3,(H2,30,31,35,36). The summed E-state index contributed by atoms with van der Waals surface area (Å²) in [5.74, 6) is 0.809. The van der Waals surface area contributed by atoms with Gasteiger partial charge in [0, 0.05) is 23.9 Å². The number of nitrogens with zero attached hydrogens (tertiary/aromatic N) is 5. The van der Waals surface area contributed by atoms with E-state index in [1.165, 1.54) is 12.1 Å². The lowest BCUT2D eigenvalue weighted by Gasteiger charge is -2.25. The lowest BCUT2D eigenvalue weighted by atomic mass is 10.1. The Morgan fingerprint density at radius 2 is 1.89 bits per heavy atom. The third kappa shape index (κ3) is 4.99. The van der Waals surface area contributed by atoms with E-state index in [1.807, 2.05) is 4.90 Å². The lowest BCUT2D eigenvalue weighted by molar-refractivity contribution is -0.137. The summed E-state index contributed by atoms with van der Waals surface area (Å²) >= 11 is 0. The smallest absolute Gasteiger partial charge is 0.354 e. The summed E-state index contributed by atoms with van der Waals surface area (Å²) in [6, 6.07) is 4.45. The predicted molar refractivity (Wildman–Crippen MR) is 127 cm³/mol. The number of aromatic nitrogens is 6. The van der Waals surface area contributed by atoms with E-state index in [-0.39, 0.29) is 23.9 Å².